The minimum absolute atomic E-state index is 0.0865. The Hall–Kier alpha value is -3.13. The van der Waals surface area contributed by atoms with E-state index in [4.69, 9.17) is 30.5 Å². The van der Waals surface area contributed by atoms with Gasteiger partial charge in [-0.25, -0.2) is 0 Å². The minimum Gasteiger partial charge on any atom is -0.495 e. The minimum atomic E-state index is -0.515. The van der Waals surface area contributed by atoms with E-state index >= 15 is 0 Å². The molecule has 2 aliphatic heterocycles. The lowest BCUT2D eigenvalue weighted by molar-refractivity contribution is -0.122. The highest BCUT2D eigenvalue weighted by Gasteiger charge is 2.37. The predicted molar refractivity (Wildman–Crippen MR) is 106 cm³/mol. The first-order valence-electron chi connectivity index (χ1n) is 8.92. The van der Waals surface area contributed by atoms with Crippen molar-refractivity contribution in [2.45, 2.75) is 6.42 Å². The zero-order valence-corrected chi connectivity index (χ0v) is 16.6. The lowest BCUT2D eigenvalue weighted by Gasteiger charge is -2.21. The number of benzene rings is 2. The maximum Gasteiger partial charge on any atom is 0.231 e. The molecule has 1 atom stereocenters. The third-order valence-electron chi connectivity index (χ3n) is 4.88. The van der Waals surface area contributed by atoms with Gasteiger partial charge in [-0.1, -0.05) is 11.6 Å². The molecule has 1 saturated heterocycles. The highest BCUT2D eigenvalue weighted by molar-refractivity contribution is 6.32. The highest BCUT2D eigenvalue weighted by Crippen LogP contribution is 2.40. The van der Waals surface area contributed by atoms with Gasteiger partial charge in [0, 0.05) is 30.8 Å². The van der Waals surface area contributed by atoms with E-state index in [0.717, 1.165) is 0 Å². The molecule has 0 aliphatic carbocycles. The molecule has 4 rings (SSSR count). The maximum absolute atomic E-state index is 12.7. The summed E-state index contributed by atoms with van der Waals surface area (Å²) in [5, 5.41) is 3.18. The number of rotatable bonds is 5. The van der Waals surface area contributed by atoms with Crippen LogP contribution in [0.25, 0.3) is 0 Å². The van der Waals surface area contributed by atoms with Crippen LogP contribution in [-0.2, 0) is 9.59 Å². The van der Waals surface area contributed by atoms with Crippen LogP contribution < -0.4 is 29.2 Å². The molecule has 8 nitrogen and oxygen atoms in total. The van der Waals surface area contributed by atoms with E-state index in [0.29, 0.717) is 39.4 Å². The third-order valence-corrected chi connectivity index (χ3v) is 5.18. The number of carbonyl (C=O) groups is 2. The molecule has 152 valence electrons. The Morgan fingerprint density at radius 1 is 1.14 bits per heavy atom. The van der Waals surface area contributed by atoms with Crippen molar-refractivity contribution in [2.75, 3.05) is 37.8 Å². The third kappa shape index (κ3) is 3.63. The van der Waals surface area contributed by atoms with Crippen molar-refractivity contribution >= 4 is 34.8 Å². The molecule has 2 heterocycles. The number of carbonyl (C=O) groups excluding carboxylic acids is 2. The van der Waals surface area contributed by atoms with Crippen molar-refractivity contribution in [2.24, 2.45) is 5.92 Å². The average molecular weight is 419 g/mol. The van der Waals surface area contributed by atoms with E-state index in [1.54, 1.807) is 30.3 Å². The summed E-state index contributed by atoms with van der Waals surface area (Å²) in [7, 11) is 2.99. The SMILES string of the molecule is COc1cc(OC)c(N2CC(C(=O)Nc3ccc4c(c3)OCO4)CC2=O)cc1Cl. The van der Waals surface area contributed by atoms with Gasteiger partial charge in [0.05, 0.1) is 30.8 Å². The number of fused-ring (bicyclic) bond motifs is 1. The smallest absolute Gasteiger partial charge is 0.231 e. The fourth-order valence-electron chi connectivity index (χ4n) is 3.39. The molecule has 2 aromatic rings. The Labute approximate surface area is 172 Å². The molecule has 1 fully saturated rings. The van der Waals surface area contributed by atoms with Gasteiger partial charge in [0.1, 0.15) is 11.5 Å². The van der Waals surface area contributed by atoms with Crippen LogP contribution in [0.2, 0.25) is 5.02 Å². The molecule has 0 bridgehead atoms. The van der Waals surface area contributed by atoms with Crippen LogP contribution in [0, 0.1) is 5.92 Å². The largest absolute Gasteiger partial charge is 0.495 e. The second-order valence-corrected chi connectivity index (χ2v) is 7.03. The highest BCUT2D eigenvalue weighted by atomic mass is 35.5. The molecule has 0 radical (unpaired) electrons. The van der Waals surface area contributed by atoms with Crippen LogP contribution in [0.5, 0.6) is 23.0 Å². The standard InChI is InChI=1S/C20H19ClN2O6/c1-26-16-8-17(27-2)14(7-13(16)21)23-9-11(5-19(23)24)20(25)22-12-3-4-15-18(6-12)29-10-28-15/h3-4,6-8,11H,5,9-10H2,1-2H3,(H,22,25). The fraction of sp³-hybridized carbons (Fsp3) is 0.300. The quantitative estimate of drug-likeness (QED) is 0.803. The number of ether oxygens (including phenoxy) is 4. The number of halogens is 1. The van der Waals surface area contributed by atoms with Gasteiger partial charge in [0.15, 0.2) is 11.5 Å². The van der Waals surface area contributed by atoms with E-state index in [1.165, 1.54) is 19.1 Å². The first-order chi connectivity index (χ1) is 14.0. The number of hydrogen-bond acceptors (Lipinski definition) is 6. The lowest BCUT2D eigenvalue weighted by atomic mass is 10.1. The molecule has 1 unspecified atom stereocenters. The van der Waals surface area contributed by atoms with Crippen LogP contribution in [-0.4, -0.2) is 39.4 Å². The Morgan fingerprint density at radius 3 is 2.66 bits per heavy atom. The predicted octanol–water partition coefficient (Wildman–Crippen LogP) is 3.08. The molecule has 0 aromatic heterocycles. The second-order valence-electron chi connectivity index (χ2n) is 6.62. The average Bonchev–Trinajstić information content (AvgIpc) is 3.33. The fourth-order valence-corrected chi connectivity index (χ4v) is 3.62. The normalized spacial score (nSPS) is 17.4. The Morgan fingerprint density at radius 2 is 1.90 bits per heavy atom. The van der Waals surface area contributed by atoms with E-state index in [-0.39, 0.29) is 31.6 Å². The van der Waals surface area contributed by atoms with Gasteiger partial charge in [0.2, 0.25) is 18.6 Å². The molecular formula is C20H19ClN2O6. The molecule has 29 heavy (non-hydrogen) atoms. The summed E-state index contributed by atoms with van der Waals surface area (Å²) < 4.78 is 21.2. The number of hydrogen-bond donors (Lipinski definition) is 1. The zero-order valence-electron chi connectivity index (χ0n) is 15.9. The van der Waals surface area contributed by atoms with Crippen molar-refractivity contribution < 1.29 is 28.5 Å². The lowest BCUT2D eigenvalue weighted by Crippen LogP contribution is -2.28. The second kappa shape index (κ2) is 7.71. The number of anilines is 2. The van der Waals surface area contributed by atoms with Crippen molar-refractivity contribution in [3.8, 4) is 23.0 Å². The molecule has 0 spiro atoms. The summed E-state index contributed by atoms with van der Waals surface area (Å²) in [6, 6.07) is 8.38. The summed E-state index contributed by atoms with van der Waals surface area (Å²) in [6.07, 6.45) is 0.0865. The summed E-state index contributed by atoms with van der Waals surface area (Å²) in [5.41, 5.74) is 1.08. The van der Waals surface area contributed by atoms with Crippen molar-refractivity contribution in [3.63, 3.8) is 0 Å². The van der Waals surface area contributed by atoms with Crippen LogP contribution in [0.15, 0.2) is 30.3 Å². The molecule has 0 saturated carbocycles. The van der Waals surface area contributed by atoms with Gasteiger partial charge < -0.3 is 29.2 Å². The van der Waals surface area contributed by atoms with Crippen LogP contribution >= 0.6 is 11.6 Å². The first-order valence-corrected chi connectivity index (χ1v) is 9.30. The van der Waals surface area contributed by atoms with E-state index < -0.39 is 5.92 Å². The van der Waals surface area contributed by atoms with E-state index in [1.807, 2.05) is 0 Å². The van der Waals surface area contributed by atoms with Gasteiger partial charge in [-0.3, -0.25) is 9.59 Å². The van der Waals surface area contributed by atoms with Crippen LogP contribution in [0.3, 0.4) is 0 Å². The first kappa shape index (κ1) is 19.2. The van der Waals surface area contributed by atoms with Crippen LogP contribution in [0.4, 0.5) is 11.4 Å². The van der Waals surface area contributed by atoms with Gasteiger partial charge in [-0.2, -0.15) is 0 Å². The van der Waals surface area contributed by atoms with Crippen molar-refractivity contribution in [3.05, 3.63) is 35.4 Å². The number of methoxy groups -OCH3 is 2. The Bertz CT molecular complexity index is 980. The monoisotopic (exact) mass is 418 g/mol. The topological polar surface area (TPSA) is 86.3 Å². The molecular weight excluding hydrogens is 400 g/mol. The zero-order chi connectivity index (χ0) is 20.5. The molecule has 2 amide bonds. The van der Waals surface area contributed by atoms with Gasteiger partial charge in [-0.15, -0.1) is 0 Å². The maximum atomic E-state index is 12.7. The number of nitrogens with zero attached hydrogens (tertiary/aromatic N) is 1. The molecule has 9 heteroatoms. The van der Waals surface area contributed by atoms with Crippen molar-refractivity contribution in [1.82, 2.24) is 0 Å². The molecule has 2 aromatic carbocycles. The summed E-state index contributed by atoms with van der Waals surface area (Å²) in [4.78, 5) is 26.8. The van der Waals surface area contributed by atoms with Gasteiger partial charge in [-0.05, 0) is 18.2 Å². The number of amides is 2. The molecule has 2 aliphatic rings. The Kier molecular flexibility index (Phi) is 5.10. The van der Waals surface area contributed by atoms with Crippen LogP contribution in [0.1, 0.15) is 6.42 Å². The Balaban J connectivity index is 1.50. The summed E-state index contributed by atoms with van der Waals surface area (Å²) in [6.45, 7) is 0.374. The van der Waals surface area contributed by atoms with E-state index in [2.05, 4.69) is 5.32 Å². The van der Waals surface area contributed by atoms with Crippen molar-refractivity contribution in [1.29, 1.82) is 0 Å². The molecule has 1 N–H and O–H groups in total. The van der Waals surface area contributed by atoms with Gasteiger partial charge >= 0.3 is 0 Å². The summed E-state index contributed by atoms with van der Waals surface area (Å²) >= 11 is 6.22. The number of nitrogens with one attached hydrogen (secondary N) is 1. The van der Waals surface area contributed by atoms with E-state index in [9.17, 15) is 9.59 Å². The summed E-state index contributed by atoms with van der Waals surface area (Å²) in [5.74, 6) is 1.14. The van der Waals surface area contributed by atoms with Gasteiger partial charge in [0.25, 0.3) is 0 Å².